The summed E-state index contributed by atoms with van der Waals surface area (Å²) in [6.07, 6.45) is 0. The van der Waals surface area contributed by atoms with E-state index in [0.29, 0.717) is 5.89 Å². The Morgan fingerprint density at radius 3 is 1.91 bits per heavy atom. The lowest BCUT2D eigenvalue weighted by molar-refractivity contribution is 0.623. The van der Waals surface area contributed by atoms with Gasteiger partial charge in [-0.05, 0) is 105 Å². The van der Waals surface area contributed by atoms with Crippen LogP contribution >= 0.6 is 0 Å². The number of hydrogen-bond acceptors (Lipinski definition) is 3. The molecule has 0 N–H and O–H groups in total. The van der Waals surface area contributed by atoms with Crippen LogP contribution in [-0.2, 0) is 5.41 Å². The summed E-state index contributed by atoms with van der Waals surface area (Å²) in [6.45, 7) is 4.67. The van der Waals surface area contributed by atoms with Gasteiger partial charge in [-0.3, -0.25) is 0 Å². The molecule has 1 aliphatic rings. The van der Waals surface area contributed by atoms with Crippen molar-refractivity contribution in [3.05, 3.63) is 193 Å². The largest absolute Gasteiger partial charge is 0.435 e. The number of para-hydroxylation sites is 1. The van der Waals surface area contributed by atoms with Crippen LogP contribution < -0.4 is 4.90 Å². The summed E-state index contributed by atoms with van der Waals surface area (Å²) < 4.78 is 6.32. The fourth-order valence-electron chi connectivity index (χ4n) is 8.21. The quantitative estimate of drug-likeness (QED) is 0.175. The van der Waals surface area contributed by atoms with Crippen LogP contribution in [0.15, 0.2) is 186 Å². The molecule has 1 aromatic heterocycles. The van der Waals surface area contributed by atoms with Gasteiger partial charge in [0.15, 0.2) is 5.58 Å². The standard InChI is InChI=1S/C50H36N2O/c1-50(2)44-19-11-9-18-42(44)43-32-39(27-29-45(43)50)52(47-20-12-10-17-40(47)34-13-5-3-6-14-34)38-25-21-33(22-26-38)36-23-28-41-37(31-36)24-30-46-48(41)53-49(51-46)35-15-7-4-8-16-35/h3-32H,1-2H3. The molecule has 0 unspecified atom stereocenters. The maximum absolute atomic E-state index is 6.32. The number of benzene rings is 8. The van der Waals surface area contributed by atoms with E-state index in [1.54, 1.807) is 0 Å². The fourth-order valence-corrected chi connectivity index (χ4v) is 8.21. The van der Waals surface area contributed by atoms with Crippen LogP contribution in [0.1, 0.15) is 25.0 Å². The van der Waals surface area contributed by atoms with E-state index in [9.17, 15) is 0 Å². The Balaban J connectivity index is 1.07. The molecule has 1 aliphatic carbocycles. The second-order valence-electron chi connectivity index (χ2n) is 14.4. The summed E-state index contributed by atoms with van der Waals surface area (Å²) in [5.74, 6) is 0.641. The fraction of sp³-hybridized carbons (Fsp3) is 0.0600. The van der Waals surface area contributed by atoms with Crippen LogP contribution in [0.5, 0.6) is 0 Å². The summed E-state index contributed by atoms with van der Waals surface area (Å²) >= 11 is 0. The first kappa shape index (κ1) is 31.1. The van der Waals surface area contributed by atoms with Gasteiger partial charge in [-0.1, -0.05) is 135 Å². The van der Waals surface area contributed by atoms with Gasteiger partial charge in [-0.15, -0.1) is 0 Å². The summed E-state index contributed by atoms with van der Waals surface area (Å²) in [7, 11) is 0. The number of hydrogen-bond donors (Lipinski definition) is 0. The minimum Gasteiger partial charge on any atom is -0.435 e. The summed E-state index contributed by atoms with van der Waals surface area (Å²) in [6, 6.07) is 65.1. The second-order valence-corrected chi connectivity index (χ2v) is 14.4. The van der Waals surface area contributed by atoms with Gasteiger partial charge in [0.1, 0.15) is 5.52 Å². The van der Waals surface area contributed by atoms with Crippen LogP contribution in [0.2, 0.25) is 0 Å². The molecule has 9 aromatic rings. The summed E-state index contributed by atoms with van der Waals surface area (Å²) in [4.78, 5) is 7.19. The van der Waals surface area contributed by atoms with E-state index in [1.165, 1.54) is 33.4 Å². The molecule has 252 valence electrons. The van der Waals surface area contributed by atoms with Gasteiger partial charge < -0.3 is 9.32 Å². The molecule has 0 spiro atoms. The lowest BCUT2D eigenvalue weighted by Gasteiger charge is -2.29. The van der Waals surface area contributed by atoms with Crippen molar-refractivity contribution >= 4 is 38.9 Å². The minimum atomic E-state index is -0.0534. The number of anilines is 3. The number of nitrogens with zero attached hydrogens (tertiary/aromatic N) is 2. The summed E-state index contributed by atoms with van der Waals surface area (Å²) in [5, 5.41) is 2.18. The lowest BCUT2D eigenvalue weighted by Crippen LogP contribution is -2.15. The molecule has 1 heterocycles. The molecule has 10 rings (SSSR count). The van der Waals surface area contributed by atoms with Gasteiger partial charge in [0, 0.05) is 33.3 Å². The Kier molecular flexibility index (Phi) is 7.16. The van der Waals surface area contributed by atoms with Gasteiger partial charge in [-0.2, -0.15) is 0 Å². The highest BCUT2D eigenvalue weighted by atomic mass is 16.3. The third kappa shape index (κ3) is 5.16. The Morgan fingerprint density at radius 1 is 0.472 bits per heavy atom. The summed E-state index contributed by atoms with van der Waals surface area (Å²) in [5.41, 5.74) is 16.0. The molecule has 3 heteroatoms. The average molecular weight is 681 g/mol. The minimum absolute atomic E-state index is 0.0534. The maximum atomic E-state index is 6.32. The molecule has 53 heavy (non-hydrogen) atoms. The molecule has 0 saturated carbocycles. The van der Waals surface area contributed by atoms with E-state index >= 15 is 0 Å². The molecule has 0 amide bonds. The van der Waals surface area contributed by atoms with Gasteiger partial charge in [-0.25, -0.2) is 4.98 Å². The van der Waals surface area contributed by atoms with Crippen molar-refractivity contribution in [3.8, 4) is 44.8 Å². The van der Waals surface area contributed by atoms with E-state index in [0.717, 1.165) is 55.6 Å². The molecule has 0 atom stereocenters. The number of fused-ring (bicyclic) bond motifs is 6. The van der Waals surface area contributed by atoms with Crippen molar-refractivity contribution in [2.75, 3.05) is 4.90 Å². The molecular formula is C50H36N2O. The molecular weight excluding hydrogens is 645 g/mol. The topological polar surface area (TPSA) is 29.3 Å². The van der Waals surface area contributed by atoms with Crippen LogP contribution in [0.4, 0.5) is 17.1 Å². The van der Waals surface area contributed by atoms with Gasteiger partial charge in [0.25, 0.3) is 0 Å². The smallest absolute Gasteiger partial charge is 0.227 e. The van der Waals surface area contributed by atoms with E-state index in [4.69, 9.17) is 9.40 Å². The lowest BCUT2D eigenvalue weighted by atomic mass is 9.82. The van der Waals surface area contributed by atoms with Crippen molar-refractivity contribution in [2.45, 2.75) is 19.3 Å². The van der Waals surface area contributed by atoms with Crippen LogP contribution in [0.25, 0.3) is 66.7 Å². The molecule has 0 radical (unpaired) electrons. The second kappa shape index (κ2) is 12.2. The Hall–Kier alpha value is -6.71. The van der Waals surface area contributed by atoms with Crippen LogP contribution in [-0.4, -0.2) is 4.98 Å². The zero-order chi connectivity index (χ0) is 35.5. The predicted octanol–water partition coefficient (Wildman–Crippen LogP) is 13.8. The van der Waals surface area contributed by atoms with Crippen molar-refractivity contribution in [1.29, 1.82) is 0 Å². The SMILES string of the molecule is CC1(C)c2ccccc2-c2cc(N(c3ccc(-c4ccc5c(ccc6nc(-c7ccccc7)oc65)c4)cc3)c3ccccc3-c3ccccc3)ccc21. The highest BCUT2D eigenvalue weighted by molar-refractivity contribution is 6.05. The van der Waals surface area contributed by atoms with E-state index < -0.39 is 0 Å². The zero-order valence-corrected chi connectivity index (χ0v) is 29.6. The van der Waals surface area contributed by atoms with Crippen molar-refractivity contribution in [2.24, 2.45) is 0 Å². The van der Waals surface area contributed by atoms with Crippen LogP contribution in [0.3, 0.4) is 0 Å². The van der Waals surface area contributed by atoms with Gasteiger partial charge in [0.2, 0.25) is 5.89 Å². The van der Waals surface area contributed by atoms with Crippen molar-refractivity contribution in [3.63, 3.8) is 0 Å². The maximum Gasteiger partial charge on any atom is 0.227 e. The molecule has 3 nitrogen and oxygen atoms in total. The number of aromatic nitrogens is 1. The van der Waals surface area contributed by atoms with Crippen molar-refractivity contribution < 1.29 is 4.42 Å². The Labute approximate surface area is 309 Å². The monoisotopic (exact) mass is 680 g/mol. The van der Waals surface area contributed by atoms with E-state index in [2.05, 4.69) is 170 Å². The first-order valence-electron chi connectivity index (χ1n) is 18.2. The first-order chi connectivity index (χ1) is 26.0. The number of oxazole rings is 1. The zero-order valence-electron chi connectivity index (χ0n) is 29.6. The number of rotatable bonds is 6. The Bertz CT molecular complexity index is 2800. The average Bonchev–Trinajstić information content (AvgIpc) is 3.76. The Morgan fingerprint density at radius 2 is 1.11 bits per heavy atom. The normalized spacial score (nSPS) is 12.9. The van der Waals surface area contributed by atoms with E-state index in [1.807, 2.05) is 30.3 Å². The molecule has 8 aromatic carbocycles. The van der Waals surface area contributed by atoms with Crippen LogP contribution in [0, 0.1) is 0 Å². The highest BCUT2D eigenvalue weighted by Gasteiger charge is 2.35. The van der Waals surface area contributed by atoms with Gasteiger partial charge in [0.05, 0.1) is 5.69 Å². The van der Waals surface area contributed by atoms with Crippen molar-refractivity contribution in [1.82, 2.24) is 4.98 Å². The third-order valence-electron chi connectivity index (χ3n) is 10.9. The molecule has 0 aliphatic heterocycles. The first-order valence-corrected chi connectivity index (χ1v) is 18.2. The molecule has 0 bridgehead atoms. The molecule has 0 saturated heterocycles. The van der Waals surface area contributed by atoms with Gasteiger partial charge >= 0.3 is 0 Å². The third-order valence-corrected chi connectivity index (χ3v) is 10.9. The van der Waals surface area contributed by atoms with E-state index in [-0.39, 0.29) is 5.41 Å². The predicted molar refractivity (Wildman–Crippen MR) is 220 cm³/mol. The molecule has 0 fully saturated rings. The highest BCUT2D eigenvalue weighted by Crippen LogP contribution is 2.51.